The Bertz CT molecular complexity index is 670. The number of anilines is 1. The van der Waals surface area contributed by atoms with Gasteiger partial charge in [0.25, 0.3) is 5.69 Å². The number of nitrogens with two attached hydrogens (primary N) is 1. The van der Waals surface area contributed by atoms with Crippen LogP contribution in [0, 0.1) is 22.0 Å². The van der Waals surface area contributed by atoms with Gasteiger partial charge in [-0.15, -0.1) is 0 Å². The van der Waals surface area contributed by atoms with Crippen LogP contribution in [0.2, 0.25) is 0 Å². The molecular weight excluding hydrogens is 290 g/mol. The molecule has 1 saturated carbocycles. The number of nitrogens with zero attached hydrogens (tertiary/aromatic N) is 2. The Morgan fingerprint density at radius 3 is 2.83 bits per heavy atom. The molecule has 1 saturated heterocycles. The summed E-state index contributed by atoms with van der Waals surface area (Å²) in [6.45, 7) is 7.02. The predicted molar refractivity (Wildman–Crippen MR) is 90.4 cm³/mol. The zero-order valence-electron chi connectivity index (χ0n) is 13.9. The van der Waals surface area contributed by atoms with Gasteiger partial charge in [0.05, 0.1) is 4.92 Å². The van der Waals surface area contributed by atoms with Gasteiger partial charge >= 0.3 is 0 Å². The van der Waals surface area contributed by atoms with Crippen LogP contribution in [0.25, 0.3) is 0 Å². The van der Waals surface area contributed by atoms with Gasteiger partial charge in [-0.2, -0.15) is 0 Å². The number of likely N-dealkylation sites (tertiary alicyclic amines) is 1. The highest BCUT2D eigenvalue weighted by Gasteiger charge is 2.49. The van der Waals surface area contributed by atoms with E-state index in [9.17, 15) is 10.1 Å². The van der Waals surface area contributed by atoms with Gasteiger partial charge in [0, 0.05) is 18.7 Å². The second kappa shape index (κ2) is 4.94. The first-order chi connectivity index (χ1) is 10.9. The average Bonchev–Trinajstić information content (AvgIpc) is 3.30. The van der Waals surface area contributed by atoms with Crippen molar-refractivity contribution in [3.63, 3.8) is 0 Å². The molecule has 124 valence electrons. The topological polar surface area (TPSA) is 72.4 Å². The molecule has 3 aliphatic rings. The van der Waals surface area contributed by atoms with Crippen molar-refractivity contribution in [3.05, 3.63) is 33.4 Å². The van der Waals surface area contributed by atoms with Crippen LogP contribution < -0.4 is 5.73 Å². The van der Waals surface area contributed by atoms with Crippen molar-refractivity contribution in [2.45, 2.75) is 51.0 Å². The lowest BCUT2D eigenvalue weighted by Crippen LogP contribution is -2.58. The smallest absolute Gasteiger partial charge is 0.292 e. The van der Waals surface area contributed by atoms with E-state index in [1.165, 1.54) is 24.9 Å². The van der Waals surface area contributed by atoms with Crippen molar-refractivity contribution in [1.82, 2.24) is 4.90 Å². The maximum atomic E-state index is 11.2. The van der Waals surface area contributed by atoms with E-state index in [2.05, 4.69) is 18.7 Å². The lowest BCUT2D eigenvalue weighted by Gasteiger charge is -2.54. The number of nitro groups is 1. The Hall–Kier alpha value is -1.62. The Balaban J connectivity index is 1.75. The maximum absolute atomic E-state index is 11.2. The number of nitrogen functional groups attached to an aromatic ring is 1. The maximum Gasteiger partial charge on any atom is 0.292 e. The summed E-state index contributed by atoms with van der Waals surface area (Å²) in [5, 5.41) is 11.2. The van der Waals surface area contributed by atoms with E-state index < -0.39 is 0 Å². The highest BCUT2D eigenvalue weighted by atomic mass is 16.6. The first kappa shape index (κ1) is 14.9. The Morgan fingerprint density at radius 2 is 2.17 bits per heavy atom. The van der Waals surface area contributed by atoms with Gasteiger partial charge in [-0.3, -0.25) is 15.0 Å². The molecule has 5 nitrogen and oxygen atoms in total. The summed E-state index contributed by atoms with van der Waals surface area (Å²) in [7, 11) is 0. The minimum absolute atomic E-state index is 0.0636. The fourth-order valence-corrected chi connectivity index (χ4v) is 4.79. The first-order valence-electron chi connectivity index (χ1n) is 8.71. The monoisotopic (exact) mass is 315 g/mol. The molecule has 0 spiro atoms. The minimum Gasteiger partial charge on any atom is -0.393 e. The minimum atomic E-state index is -0.353. The normalized spacial score (nSPS) is 33.3. The van der Waals surface area contributed by atoms with Crippen LogP contribution in [-0.2, 0) is 11.8 Å². The molecule has 4 rings (SSSR count). The largest absolute Gasteiger partial charge is 0.393 e. The summed E-state index contributed by atoms with van der Waals surface area (Å²) < 4.78 is 0. The van der Waals surface area contributed by atoms with Crippen LogP contribution >= 0.6 is 0 Å². The van der Waals surface area contributed by atoms with Crippen LogP contribution in [0.3, 0.4) is 0 Å². The summed E-state index contributed by atoms with van der Waals surface area (Å²) in [4.78, 5) is 13.5. The van der Waals surface area contributed by atoms with Crippen LogP contribution in [0.15, 0.2) is 12.1 Å². The summed E-state index contributed by atoms with van der Waals surface area (Å²) in [6, 6.07) is 4.13. The van der Waals surface area contributed by atoms with E-state index >= 15 is 0 Å². The third kappa shape index (κ3) is 2.24. The molecule has 2 N–H and O–H groups in total. The molecule has 0 aromatic heterocycles. The van der Waals surface area contributed by atoms with Gasteiger partial charge < -0.3 is 5.73 Å². The van der Waals surface area contributed by atoms with E-state index in [-0.39, 0.29) is 16.0 Å². The number of piperidine rings is 1. The standard InChI is InChI=1S/C18H25N3O2/c1-11-16-7-13-8-17(21(22)23)15(19)9-14(13)18(11,2)5-6-20(16)10-12-3-4-12/h8-9,11-12,16H,3-7,10,19H2,1-2H3/t11-,16-,18-/m1/s1. The predicted octanol–water partition coefficient (Wildman–Crippen LogP) is 3.11. The molecule has 2 bridgehead atoms. The summed E-state index contributed by atoms with van der Waals surface area (Å²) in [6.07, 6.45) is 4.77. The number of fused-ring (bicyclic) bond motifs is 4. The van der Waals surface area contributed by atoms with E-state index in [0.717, 1.165) is 30.9 Å². The molecule has 1 aliphatic heterocycles. The zero-order chi connectivity index (χ0) is 16.4. The Morgan fingerprint density at radius 1 is 1.43 bits per heavy atom. The van der Waals surface area contributed by atoms with Gasteiger partial charge in [-0.05, 0) is 66.7 Å². The van der Waals surface area contributed by atoms with Crippen molar-refractivity contribution in [1.29, 1.82) is 0 Å². The number of hydrogen-bond acceptors (Lipinski definition) is 4. The quantitative estimate of drug-likeness (QED) is 0.528. The highest BCUT2D eigenvalue weighted by Crippen LogP contribution is 2.50. The van der Waals surface area contributed by atoms with Crippen molar-refractivity contribution < 1.29 is 4.92 Å². The van der Waals surface area contributed by atoms with Crippen molar-refractivity contribution in [2.24, 2.45) is 11.8 Å². The molecule has 0 radical (unpaired) electrons. The van der Waals surface area contributed by atoms with Crippen molar-refractivity contribution in [2.75, 3.05) is 18.8 Å². The lowest BCUT2D eigenvalue weighted by atomic mass is 9.59. The van der Waals surface area contributed by atoms with Crippen LogP contribution in [0.4, 0.5) is 11.4 Å². The molecule has 2 fully saturated rings. The summed E-state index contributed by atoms with van der Waals surface area (Å²) in [5.74, 6) is 1.44. The second-order valence-electron chi connectivity index (χ2n) is 7.99. The third-order valence-electron chi connectivity index (χ3n) is 6.65. The van der Waals surface area contributed by atoms with Gasteiger partial charge in [0.15, 0.2) is 0 Å². The van der Waals surface area contributed by atoms with Gasteiger partial charge in [-0.25, -0.2) is 0 Å². The molecule has 3 atom stereocenters. The molecule has 1 aromatic rings. The highest BCUT2D eigenvalue weighted by molar-refractivity contribution is 5.63. The number of nitro benzene ring substituents is 1. The Labute approximate surface area is 137 Å². The molecule has 0 unspecified atom stereocenters. The molecule has 2 aliphatic carbocycles. The SMILES string of the molecule is C[C@@H]1[C@H]2Cc3cc([N+](=O)[O-])c(N)cc3[C@]1(C)CCN2CC1CC1. The average molecular weight is 315 g/mol. The van der Waals surface area contributed by atoms with E-state index in [4.69, 9.17) is 5.73 Å². The molecule has 1 heterocycles. The molecular formula is C18H25N3O2. The van der Waals surface area contributed by atoms with Crippen LogP contribution in [-0.4, -0.2) is 29.0 Å². The van der Waals surface area contributed by atoms with Gasteiger partial charge in [-0.1, -0.05) is 13.8 Å². The lowest BCUT2D eigenvalue weighted by molar-refractivity contribution is -0.384. The molecule has 0 amide bonds. The fourth-order valence-electron chi connectivity index (χ4n) is 4.79. The summed E-state index contributed by atoms with van der Waals surface area (Å²) >= 11 is 0. The number of hydrogen-bond donors (Lipinski definition) is 1. The fraction of sp³-hybridized carbons (Fsp3) is 0.667. The van der Waals surface area contributed by atoms with E-state index in [1.807, 2.05) is 6.07 Å². The molecule has 5 heteroatoms. The number of rotatable bonds is 3. The van der Waals surface area contributed by atoms with E-state index in [0.29, 0.717) is 17.6 Å². The summed E-state index contributed by atoms with van der Waals surface area (Å²) in [5.41, 5.74) is 8.81. The second-order valence-corrected chi connectivity index (χ2v) is 7.99. The van der Waals surface area contributed by atoms with Crippen LogP contribution in [0.5, 0.6) is 0 Å². The molecule has 1 aromatic carbocycles. The van der Waals surface area contributed by atoms with Gasteiger partial charge in [0.1, 0.15) is 5.69 Å². The van der Waals surface area contributed by atoms with E-state index in [1.54, 1.807) is 6.07 Å². The van der Waals surface area contributed by atoms with Crippen LogP contribution in [0.1, 0.15) is 44.2 Å². The first-order valence-corrected chi connectivity index (χ1v) is 8.71. The zero-order valence-corrected chi connectivity index (χ0v) is 13.9. The van der Waals surface area contributed by atoms with Crippen molar-refractivity contribution >= 4 is 11.4 Å². The Kier molecular flexibility index (Phi) is 3.21. The third-order valence-corrected chi connectivity index (χ3v) is 6.65. The van der Waals surface area contributed by atoms with Gasteiger partial charge in [0.2, 0.25) is 0 Å². The number of benzene rings is 1. The molecule has 23 heavy (non-hydrogen) atoms. The van der Waals surface area contributed by atoms with Crippen molar-refractivity contribution in [3.8, 4) is 0 Å².